The summed E-state index contributed by atoms with van der Waals surface area (Å²) in [6, 6.07) is 15.7. The quantitative estimate of drug-likeness (QED) is 0.751. The van der Waals surface area contributed by atoms with Crippen molar-refractivity contribution in [1.29, 1.82) is 0 Å². The lowest BCUT2D eigenvalue weighted by Gasteiger charge is -2.12. The van der Waals surface area contributed by atoms with E-state index in [9.17, 15) is 9.18 Å². The molecule has 0 radical (unpaired) electrons. The highest BCUT2D eigenvalue weighted by atomic mass is 19.1. The number of benzene rings is 2. The number of nitrogens with one attached hydrogen (secondary N) is 1. The number of hydrogen-bond acceptors (Lipinski definition) is 3. The molecule has 0 saturated carbocycles. The van der Waals surface area contributed by atoms with E-state index >= 15 is 0 Å². The number of para-hydroxylation sites is 1. The van der Waals surface area contributed by atoms with Crippen LogP contribution in [0.2, 0.25) is 0 Å². The van der Waals surface area contributed by atoms with Crippen molar-refractivity contribution in [2.24, 2.45) is 0 Å². The van der Waals surface area contributed by atoms with Crippen LogP contribution >= 0.6 is 0 Å². The molecule has 1 aromatic heterocycles. The number of halogens is 1. The molecule has 1 heterocycles. The van der Waals surface area contributed by atoms with Crippen LogP contribution < -0.4 is 5.43 Å². The number of aromatic nitrogens is 1. The monoisotopic (exact) mass is 298 g/mol. The highest BCUT2D eigenvalue weighted by Gasteiger charge is 2.15. The molecule has 0 saturated heterocycles. The van der Waals surface area contributed by atoms with Crippen molar-refractivity contribution in [2.75, 3.05) is 12.5 Å². The molecule has 0 atom stereocenters. The maximum atomic E-state index is 12.9. The van der Waals surface area contributed by atoms with Gasteiger partial charge in [0.2, 0.25) is 0 Å². The number of ether oxygens (including phenoxy) is 1. The van der Waals surface area contributed by atoms with Gasteiger partial charge in [0.25, 0.3) is 0 Å². The van der Waals surface area contributed by atoms with Crippen LogP contribution in [0.5, 0.6) is 0 Å². The van der Waals surface area contributed by atoms with Crippen molar-refractivity contribution >= 4 is 16.9 Å². The summed E-state index contributed by atoms with van der Waals surface area (Å²) < 4.78 is 19.5. The number of fused-ring (bicyclic) bond motifs is 1. The molecule has 2 aromatic carbocycles. The molecule has 0 spiro atoms. The van der Waals surface area contributed by atoms with Gasteiger partial charge in [-0.1, -0.05) is 30.3 Å². The Morgan fingerprint density at radius 3 is 2.64 bits per heavy atom. The van der Waals surface area contributed by atoms with Gasteiger partial charge in [0.05, 0.1) is 19.2 Å². The SMILES string of the molecule is COC(=O)c1cc2ccccc2n1NCc1ccc(F)cc1. The number of carbonyl (C=O) groups excluding carboxylic acids is 1. The molecule has 3 rings (SSSR count). The summed E-state index contributed by atoms with van der Waals surface area (Å²) in [5.74, 6) is -0.687. The van der Waals surface area contributed by atoms with Crippen LogP contribution in [0.4, 0.5) is 4.39 Å². The van der Waals surface area contributed by atoms with Crippen LogP contribution in [-0.4, -0.2) is 17.8 Å². The fraction of sp³-hybridized carbons (Fsp3) is 0.118. The summed E-state index contributed by atoms with van der Waals surface area (Å²) >= 11 is 0. The third-order valence-electron chi connectivity index (χ3n) is 3.46. The molecule has 22 heavy (non-hydrogen) atoms. The Morgan fingerprint density at radius 2 is 1.91 bits per heavy atom. The van der Waals surface area contributed by atoms with E-state index in [1.54, 1.807) is 22.9 Å². The van der Waals surface area contributed by atoms with Gasteiger partial charge >= 0.3 is 5.97 Å². The summed E-state index contributed by atoms with van der Waals surface area (Å²) in [6.45, 7) is 0.461. The topological polar surface area (TPSA) is 43.3 Å². The number of esters is 1. The van der Waals surface area contributed by atoms with Gasteiger partial charge in [-0.15, -0.1) is 0 Å². The van der Waals surface area contributed by atoms with Crippen molar-refractivity contribution in [3.63, 3.8) is 0 Å². The zero-order chi connectivity index (χ0) is 15.5. The fourth-order valence-corrected chi connectivity index (χ4v) is 2.35. The molecule has 4 nitrogen and oxygen atoms in total. The van der Waals surface area contributed by atoms with E-state index < -0.39 is 5.97 Å². The average Bonchev–Trinajstić information content (AvgIpc) is 2.92. The van der Waals surface area contributed by atoms with Gasteiger partial charge in [-0.2, -0.15) is 0 Å². The standard InChI is InChI=1S/C17H15FN2O2/c1-22-17(21)16-10-13-4-2-3-5-15(13)20(16)19-11-12-6-8-14(18)9-7-12/h2-10,19H,11H2,1H3. The Balaban J connectivity index is 1.94. The second-order valence-corrected chi connectivity index (χ2v) is 4.88. The molecule has 0 aliphatic heterocycles. The Labute approximate surface area is 127 Å². The molecule has 5 heteroatoms. The molecule has 0 fully saturated rings. The fourth-order valence-electron chi connectivity index (χ4n) is 2.35. The summed E-state index contributed by atoms with van der Waals surface area (Å²) in [7, 11) is 1.35. The number of nitrogens with zero attached hydrogens (tertiary/aromatic N) is 1. The van der Waals surface area contributed by atoms with Crippen LogP contribution in [0.1, 0.15) is 16.1 Å². The van der Waals surface area contributed by atoms with Crippen molar-refractivity contribution in [3.8, 4) is 0 Å². The lowest BCUT2D eigenvalue weighted by atomic mass is 10.2. The van der Waals surface area contributed by atoms with Crippen LogP contribution in [0, 0.1) is 5.82 Å². The minimum Gasteiger partial charge on any atom is -0.464 e. The predicted molar refractivity (Wildman–Crippen MR) is 82.7 cm³/mol. The van der Waals surface area contributed by atoms with Crippen LogP contribution in [0.3, 0.4) is 0 Å². The minimum absolute atomic E-state index is 0.273. The molecule has 112 valence electrons. The largest absolute Gasteiger partial charge is 0.464 e. The number of methoxy groups -OCH3 is 1. The van der Waals surface area contributed by atoms with Gasteiger partial charge in [0, 0.05) is 5.39 Å². The molecule has 3 aromatic rings. The third kappa shape index (κ3) is 2.65. The second kappa shape index (κ2) is 5.89. The highest BCUT2D eigenvalue weighted by molar-refractivity contribution is 5.95. The predicted octanol–water partition coefficient (Wildman–Crippen LogP) is 3.31. The van der Waals surface area contributed by atoms with E-state index in [-0.39, 0.29) is 5.82 Å². The van der Waals surface area contributed by atoms with E-state index in [1.165, 1.54) is 19.2 Å². The van der Waals surface area contributed by atoms with Crippen molar-refractivity contribution in [1.82, 2.24) is 4.68 Å². The maximum Gasteiger partial charge on any atom is 0.356 e. The molecular weight excluding hydrogens is 283 g/mol. The van der Waals surface area contributed by atoms with E-state index in [2.05, 4.69) is 5.43 Å². The van der Waals surface area contributed by atoms with Crippen LogP contribution in [0.25, 0.3) is 10.9 Å². The van der Waals surface area contributed by atoms with E-state index in [1.807, 2.05) is 24.3 Å². The molecule has 0 unspecified atom stereocenters. The molecule has 0 amide bonds. The number of hydrogen-bond donors (Lipinski definition) is 1. The summed E-state index contributed by atoms with van der Waals surface area (Å²) in [4.78, 5) is 11.9. The van der Waals surface area contributed by atoms with Crippen molar-refractivity contribution < 1.29 is 13.9 Å². The third-order valence-corrected chi connectivity index (χ3v) is 3.46. The zero-order valence-electron chi connectivity index (χ0n) is 12.0. The first-order chi connectivity index (χ1) is 10.7. The van der Waals surface area contributed by atoms with Gasteiger partial charge < -0.3 is 10.2 Å². The summed E-state index contributed by atoms with van der Waals surface area (Å²) in [5, 5.41) is 0.939. The summed E-state index contributed by atoms with van der Waals surface area (Å²) in [6.07, 6.45) is 0. The maximum absolute atomic E-state index is 12.9. The Kier molecular flexibility index (Phi) is 3.78. The first-order valence-corrected chi connectivity index (χ1v) is 6.86. The lowest BCUT2D eigenvalue weighted by Crippen LogP contribution is -2.20. The van der Waals surface area contributed by atoms with Crippen molar-refractivity contribution in [3.05, 3.63) is 71.7 Å². The van der Waals surface area contributed by atoms with Gasteiger partial charge in [-0.05, 0) is 29.8 Å². The van der Waals surface area contributed by atoms with Crippen LogP contribution in [-0.2, 0) is 11.3 Å². The first kappa shape index (κ1) is 14.1. The molecule has 1 N–H and O–H groups in total. The van der Waals surface area contributed by atoms with Gasteiger partial charge in [-0.3, -0.25) is 4.68 Å². The smallest absolute Gasteiger partial charge is 0.356 e. The van der Waals surface area contributed by atoms with E-state index in [0.29, 0.717) is 12.2 Å². The van der Waals surface area contributed by atoms with Gasteiger partial charge in [-0.25, -0.2) is 9.18 Å². The molecule has 0 aliphatic rings. The number of rotatable bonds is 4. The number of carbonyl (C=O) groups is 1. The summed E-state index contributed by atoms with van der Waals surface area (Å²) in [5.41, 5.74) is 5.39. The zero-order valence-corrected chi connectivity index (χ0v) is 12.0. The molecular formula is C17H15FN2O2. The van der Waals surface area contributed by atoms with E-state index in [0.717, 1.165) is 16.5 Å². The second-order valence-electron chi connectivity index (χ2n) is 4.88. The first-order valence-electron chi connectivity index (χ1n) is 6.86. The Morgan fingerprint density at radius 1 is 1.18 bits per heavy atom. The molecule has 0 bridgehead atoms. The molecule has 0 aliphatic carbocycles. The normalized spacial score (nSPS) is 10.6. The van der Waals surface area contributed by atoms with Gasteiger partial charge in [0.1, 0.15) is 11.5 Å². The average molecular weight is 298 g/mol. The van der Waals surface area contributed by atoms with Crippen molar-refractivity contribution in [2.45, 2.75) is 6.54 Å². The minimum atomic E-state index is -0.414. The highest BCUT2D eigenvalue weighted by Crippen LogP contribution is 2.19. The lowest BCUT2D eigenvalue weighted by molar-refractivity contribution is 0.0590. The van der Waals surface area contributed by atoms with E-state index in [4.69, 9.17) is 4.74 Å². The van der Waals surface area contributed by atoms with Crippen LogP contribution in [0.15, 0.2) is 54.6 Å². The van der Waals surface area contributed by atoms with Gasteiger partial charge in [0.15, 0.2) is 0 Å². The Hall–Kier alpha value is -2.82. The Bertz CT molecular complexity index is 809.